The Morgan fingerprint density at radius 2 is 1.06 bits per heavy atom. The van der Waals surface area contributed by atoms with Crippen LogP contribution in [-0.2, 0) is 60.8 Å². The highest BCUT2D eigenvalue weighted by atomic mass is 16.4. The molecule has 0 aliphatic carbocycles. The smallest absolute Gasteiger partial charge is 0.326 e. The van der Waals surface area contributed by atoms with Crippen LogP contribution in [0.4, 0.5) is 0 Å². The van der Waals surface area contributed by atoms with Crippen molar-refractivity contribution in [2.24, 2.45) is 38.7 Å². The van der Waals surface area contributed by atoms with Crippen molar-refractivity contribution < 1.29 is 63.3 Å². The van der Waals surface area contributed by atoms with Crippen molar-refractivity contribution in [3.05, 3.63) is 71.8 Å². The lowest BCUT2D eigenvalue weighted by Gasteiger charge is -2.32. The highest BCUT2D eigenvalue weighted by Crippen LogP contribution is 2.26. The average molecular weight is 1120 g/mol. The molecule has 3 fully saturated rings. The van der Waals surface area contributed by atoms with E-state index in [9.17, 15) is 53.4 Å². The quantitative estimate of drug-likeness (QED) is 0.0226. The number of hydrogen-bond donors (Lipinski definition) is 12. The first-order valence-electron chi connectivity index (χ1n) is 26.5. The van der Waals surface area contributed by atoms with Crippen molar-refractivity contribution in [2.75, 3.05) is 45.9 Å². The van der Waals surface area contributed by atoms with Crippen LogP contribution in [0, 0.1) is 0 Å². The van der Waals surface area contributed by atoms with Crippen LogP contribution in [0.25, 0.3) is 0 Å². The highest BCUT2D eigenvalue weighted by Gasteiger charge is 2.44. The summed E-state index contributed by atoms with van der Waals surface area (Å²) in [6.45, 7) is 0.531. The summed E-state index contributed by atoms with van der Waals surface area (Å²) >= 11 is 0. The largest absolute Gasteiger partial charge is 0.550 e. The van der Waals surface area contributed by atoms with E-state index in [1.807, 2.05) is 0 Å². The van der Waals surface area contributed by atoms with Gasteiger partial charge in [0.25, 0.3) is 0 Å². The van der Waals surface area contributed by atoms with E-state index >= 15 is 0 Å². The molecule has 3 saturated heterocycles. The SMILES string of the molecule is CC(=O)[O-].NC(N)=NCCCC(N)C(=O)N1CCCC1C(=O)N1CCCC1C(=O)NCC(=O)NC(Cc1ccccc1)C(=O)NC(CO)C(=O)N1CCCC1C(=O)NC(Cc1ccccc1)C(=O)NC(CCCN=C(N)N)C(=O)O. The first kappa shape index (κ1) is 64.1. The molecule has 3 heterocycles. The number of nitrogens with two attached hydrogens (primary N) is 5. The number of amides is 8. The lowest BCUT2D eigenvalue weighted by atomic mass is 10.0. The molecular formula is C52H76N15O13-. The number of carbonyl (C=O) groups is 10. The summed E-state index contributed by atoms with van der Waals surface area (Å²) in [4.78, 5) is 143. The molecule has 28 nitrogen and oxygen atoms in total. The van der Waals surface area contributed by atoms with Gasteiger partial charge < -0.3 is 90.1 Å². The second-order valence-electron chi connectivity index (χ2n) is 19.5. The Hall–Kier alpha value is -8.40. The number of nitrogens with one attached hydrogen (secondary N) is 5. The van der Waals surface area contributed by atoms with E-state index in [4.69, 9.17) is 38.6 Å². The second kappa shape index (κ2) is 32.5. The van der Waals surface area contributed by atoms with Crippen molar-refractivity contribution in [3.8, 4) is 0 Å². The molecule has 0 spiro atoms. The third-order valence-corrected chi connectivity index (χ3v) is 13.4. The summed E-state index contributed by atoms with van der Waals surface area (Å²) < 4.78 is 0. The van der Waals surface area contributed by atoms with Crippen molar-refractivity contribution in [2.45, 2.75) is 132 Å². The Labute approximate surface area is 463 Å². The van der Waals surface area contributed by atoms with Crippen LogP contribution in [0.3, 0.4) is 0 Å². The maximum atomic E-state index is 14.1. The van der Waals surface area contributed by atoms with Crippen LogP contribution in [0.5, 0.6) is 0 Å². The number of benzene rings is 2. The minimum Gasteiger partial charge on any atom is -0.550 e. The molecule has 28 heteroatoms. The van der Waals surface area contributed by atoms with Crippen LogP contribution in [0.15, 0.2) is 70.6 Å². The van der Waals surface area contributed by atoms with Gasteiger partial charge in [-0.15, -0.1) is 0 Å². The predicted molar refractivity (Wildman–Crippen MR) is 288 cm³/mol. The number of nitrogens with zero attached hydrogens (tertiary/aromatic N) is 5. The number of rotatable bonds is 27. The van der Waals surface area contributed by atoms with Crippen molar-refractivity contribution in [1.29, 1.82) is 0 Å². The molecule has 17 N–H and O–H groups in total. The first-order valence-corrected chi connectivity index (χ1v) is 26.5. The van der Waals surface area contributed by atoms with Crippen molar-refractivity contribution >= 4 is 71.1 Å². The van der Waals surface area contributed by atoms with Crippen LogP contribution in [-0.4, -0.2) is 190 Å². The van der Waals surface area contributed by atoms with Crippen molar-refractivity contribution in [1.82, 2.24) is 41.3 Å². The summed E-state index contributed by atoms with van der Waals surface area (Å²) in [7, 11) is 0. The lowest BCUT2D eigenvalue weighted by molar-refractivity contribution is -0.302. The molecule has 8 atom stereocenters. The van der Waals surface area contributed by atoms with Crippen LogP contribution < -0.4 is 60.4 Å². The molecule has 8 unspecified atom stereocenters. The van der Waals surface area contributed by atoms with Gasteiger partial charge >= 0.3 is 5.97 Å². The van der Waals surface area contributed by atoms with Crippen LogP contribution >= 0.6 is 0 Å². The van der Waals surface area contributed by atoms with Gasteiger partial charge in [0.15, 0.2) is 11.9 Å². The zero-order chi connectivity index (χ0) is 58.9. The van der Waals surface area contributed by atoms with Gasteiger partial charge in [0, 0.05) is 51.5 Å². The Morgan fingerprint density at radius 3 is 1.56 bits per heavy atom. The number of guanidine groups is 2. The molecule has 0 radical (unpaired) electrons. The third-order valence-electron chi connectivity index (χ3n) is 13.4. The van der Waals surface area contributed by atoms with E-state index in [1.54, 1.807) is 60.7 Å². The van der Waals surface area contributed by atoms with Crippen molar-refractivity contribution in [3.63, 3.8) is 0 Å². The molecule has 0 aromatic heterocycles. The normalized spacial score (nSPS) is 18.3. The number of carboxylic acids is 2. The Morgan fingerprint density at radius 1 is 0.613 bits per heavy atom. The zero-order valence-electron chi connectivity index (χ0n) is 44.8. The minimum absolute atomic E-state index is 0.0209. The van der Waals surface area contributed by atoms with E-state index in [0.717, 1.165) is 6.92 Å². The van der Waals surface area contributed by atoms with Gasteiger partial charge in [0.2, 0.25) is 47.3 Å². The van der Waals surface area contributed by atoms with E-state index < -0.39 is 115 Å². The first-order chi connectivity index (χ1) is 38.1. The monoisotopic (exact) mass is 1120 g/mol. The second-order valence-corrected chi connectivity index (χ2v) is 19.5. The molecule has 5 rings (SSSR count). The molecule has 80 heavy (non-hydrogen) atoms. The number of carboxylic acid groups (broad SMARTS) is 2. The van der Waals surface area contributed by atoms with E-state index in [-0.39, 0.29) is 69.6 Å². The minimum atomic E-state index is -1.59. The fourth-order valence-electron chi connectivity index (χ4n) is 9.55. The number of aliphatic hydroxyl groups is 1. The number of aliphatic carboxylic acids is 2. The van der Waals surface area contributed by atoms with Crippen LogP contribution in [0.1, 0.15) is 82.3 Å². The molecule has 0 saturated carbocycles. The fourth-order valence-corrected chi connectivity index (χ4v) is 9.55. The summed E-state index contributed by atoms with van der Waals surface area (Å²) in [5.41, 5.74) is 29.0. The molecular weight excluding hydrogens is 1040 g/mol. The van der Waals surface area contributed by atoms with E-state index in [1.165, 1.54) is 14.7 Å². The van der Waals surface area contributed by atoms with Crippen LogP contribution in [0.2, 0.25) is 0 Å². The fraction of sp³-hybridized carbons (Fsp3) is 0.538. The molecule has 0 bridgehead atoms. The standard InChI is InChI=1S/C50H73N15O11.C2H4O2/c51-32(16-7-21-56-49(52)53)45(72)65-25-11-20-39(65)47(74)64-24-9-18-37(64)43(70)58-28-40(67)59-34(26-30-12-3-1-4-13-30)41(68)62-36(29-66)46(73)63-23-10-19-38(63)44(71)61-35(27-31-14-5-2-6-15-31)42(69)60-33(48(75)76)17-8-22-57-50(54)55;1-2(3)4/h1-6,12-15,32-39,66H,7-11,16-29,51H2,(H,58,70)(H,59,67)(H,60,69)(H,61,71)(H,62,68)(H,75,76)(H4,52,53,56)(H4,54,55,57);1H3,(H,3,4)/p-1. The molecule has 8 amide bonds. The Kier molecular flexibility index (Phi) is 26.0. The summed E-state index contributed by atoms with van der Waals surface area (Å²) in [6, 6.07) is 8.00. The third kappa shape index (κ3) is 20.4. The number of aliphatic hydroxyl groups excluding tert-OH is 1. The van der Waals surface area contributed by atoms with Gasteiger partial charge in [-0.2, -0.15) is 0 Å². The number of likely N-dealkylation sites (tertiary alicyclic amines) is 3. The number of aliphatic imine (C=N–C) groups is 2. The molecule has 2 aromatic carbocycles. The maximum absolute atomic E-state index is 14.1. The molecule has 438 valence electrons. The molecule has 3 aliphatic rings. The summed E-state index contributed by atoms with van der Waals surface area (Å²) in [5, 5.41) is 42.2. The highest BCUT2D eigenvalue weighted by molar-refractivity contribution is 5.98. The molecule has 3 aliphatic heterocycles. The van der Waals surface area contributed by atoms with Gasteiger partial charge in [-0.3, -0.25) is 48.3 Å². The number of hydrogen-bond acceptors (Lipinski definition) is 15. The predicted octanol–water partition coefficient (Wildman–Crippen LogP) is -5.23. The van der Waals surface area contributed by atoms with E-state index in [0.29, 0.717) is 69.2 Å². The van der Waals surface area contributed by atoms with Gasteiger partial charge in [-0.1, -0.05) is 60.7 Å². The maximum Gasteiger partial charge on any atom is 0.326 e. The summed E-state index contributed by atoms with van der Waals surface area (Å²) in [5.74, 6) is -8.01. The Balaban J connectivity index is 0.00000333. The average Bonchev–Trinajstić information content (AvgIpc) is 4.24. The van der Waals surface area contributed by atoms with Gasteiger partial charge in [-0.05, 0) is 82.3 Å². The Bertz CT molecular complexity index is 2510. The lowest BCUT2D eigenvalue weighted by Crippen LogP contribution is -2.60. The van der Waals surface area contributed by atoms with E-state index in [2.05, 4.69) is 36.6 Å². The topological polar surface area (TPSA) is 459 Å². The molecule has 2 aromatic rings. The summed E-state index contributed by atoms with van der Waals surface area (Å²) in [6.07, 6.45) is 3.13. The van der Waals surface area contributed by atoms with Gasteiger partial charge in [-0.25, -0.2) is 4.79 Å². The van der Waals surface area contributed by atoms with Gasteiger partial charge in [0.1, 0.15) is 42.3 Å². The van der Waals surface area contributed by atoms with Gasteiger partial charge in [0.05, 0.1) is 19.2 Å². The number of carbonyl (C=O) groups excluding carboxylic acids is 9. The zero-order valence-corrected chi connectivity index (χ0v) is 44.8.